The van der Waals surface area contributed by atoms with Crippen LogP contribution in [-0.2, 0) is 32.5 Å². The minimum atomic E-state index is 0.248. The van der Waals surface area contributed by atoms with Gasteiger partial charge in [0.25, 0.3) is 0 Å². The van der Waals surface area contributed by atoms with Gasteiger partial charge in [0.05, 0.1) is 20.1 Å². The third kappa shape index (κ3) is 40.0. The van der Waals surface area contributed by atoms with Crippen molar-refractivity contribution in [3.8, 4) is 0 Å². The Bertz CT molecular complexity index is 6200. The van der Waals surface area contributed by atoms with E-state index in [4.69, 9.17) is 127 Å². The van der Waals surface area contributed by atoms with Crippen LogP contribution in [0.2, 0.25) is 50.2 Å². The zero-order valence-electron chi connectivity index (χ0n) is 75.9. The Hall–Kier alpha value is -13.4. The lowest BCUT2D eigenvalue weighted by atomic mass is 10.1. The maximum absolute atomic E-state index is 5.93. The highest BCUT2D eigenvalue weighted by Crippen LogP contribution is 2.29. The molecule has 0 bridgehead atoms. The van der Waals surface area contributed by atoms with Gasteiger partial charge in [0.15, 0.2) is 0 Å². The lowest BCUT2D eigenvalue weighted by Gasteiger charge is -2.04. The lowest BCUT2D eigenvalue weighted by molar-refractivity contribution is 0.876. The van der Waals surface area contributed by atoms with Crippen molar-refractivity contribution in [1.82, 2.24) is 121 Å². The summed E-state index contributed by atoms with van der Waals surface area (Å²) in [6.07, 6.45) is 1.76. The number of aromatic amines is 8. The molecular weight excluding hydrogens is 1950 g/mol. The molecule has 16 aromatic rings. The van der Waals surface area contributed by atoms with E-state index in [1.165, 1.54) is 11.1 Å². The molecule has 0 fully saturated rings. The van der Waals surface area contributed by atoms with Gasteiger partial charge in [-0.3, -0.25) is 0 Å². The monoisotopic (exact) mass is 2050 g/mol. The molecule has 0 atom stereocenters. The van der Waals surface area contributed by atoms with Crippen molar-refractivity contribution in [3.05, 3.63) is 260 Å². The number of benzene rings is 8. The zero-order chi connectivity index (χ0) is 98.0. The fourth-order valence-corrected chi connectivity index (χ4v) is 12.7. The molecule has 0 unspecified atom stereocenters. The molecule has 8 aromatic heterocycles. The summed E-state index contributed by atoms with van der Waals surface area (Å²) < 4.78 is 0. The van der Waals surface area contributed by atoms with E-state index in [0.717, 1.165) is 79.8 Å². The van der Waals surface area contributed by atoms with Crippen LogP contribution in [0.25, 0.3) is 0 Å². The summed E-state index contributed by atoms with van der Waals surface area (Å²) >= 11 is 58.7. The number of H-pyrrole nitrogens is 8. The summed E-state index contributed by atoms with van der Waals surface area (Å²) in [5.41, 5.74) is 18.8. The van der Waals surface area contributed by atoms with E-state index < -0.39 is 0 Å². The van der Waals surface area contributed by atoms with Crippen LogP contribution in [0.1, 0.15) is 69.4 Å². The molecular formula is C86H106Cl10N40. The summed E-state index contributed by atoms with van der Waals surface area (Å²) in [4.78, 5) is 38.9. The molecule has 0 spiro atoms. The van der Waals surface area contributed by atoms with E-state index >= 15 is 0 Å². The molecule has 16 rings (SSSR count). The SMILES string of the molecule is CC(C)Nc1n[nH]c(Nc2cccc(Cl)c2)n1.CC(C)Nc1nc(NCCc2cccc(Cl)c2)n[nH]1.CC(C)Nc1nc(NCc2cccc(Cl)c2)n[nH]1.CN(C)c1n[nH]c(NCCc2cccc(Cl)c2)n1.CN(C)c1n[nH]c(NCc2cccc(Cl)c2)n1.CN(C)c1n[nH]c(Nc2cccc(Cl)c2)n1.Nc1nc(NCc2ccc(Cl)c(Cl)c2)n[nH]1.Nc1nc(Nc2ccc(Cl)c(Cl)c2)n[nH]1. The molecule has 50 heteroatoms. The molecule has 136 heavy (non-hydrogen) atoms. The maximum Gasteiger partial charge on any atom is 0.248 e. The van der Waals surface area contributed by atoms with Gasteiger partial charge in [-0.2, -0.15) is 39.9 Å². The van der Waals surface area contributed by atoms with Crippen LogP contribution >= 0.6 is 116 Å². The first-order chi connectivity index (χ1) is 65.1. The Morgan fingerprint density at radius 1 is 0.272 bits per heavy atom. The summed E-state index contributed by atoms with van der Waals surface area (Å²) in [5.74, 6) is 8.88. The molecule has 0 aliphatic heterocycles. The number of anilines is 19. The van der Waals surface area contributed by atoms with Crippen LogP contribution in [0.5, 0.6) is 0 Å². The Morgan fingerprint density at radius 2 is 0.603 bits per heavy atom. The van der Waals surface area contributed by atoms with Crippen molar-refractivity contribution in [3.63, 3.8) is 0 Å². The minimum Gasteiger partial charge on any atom is -0.368 e. The van der Waals surface area contributed by atoms with Gasteiger partial charge < -0.3 is 84.7 Å². The average molecular weight is 2050 g/mol. The topological polar surface area (TPSA) is 527 Å². The number of nitrogens with zero attached hydrogens (tertiary/aromatic N) is 19. The van der Waals surface area contributed by atoms with Gasteiger partial charge in [-0.05, 0) is 197 Å². The fraction of sp³-hybridized carbons (Fsp3) is 0.256. The fourth-order valence-electron chi connectivity index (χ4n) is 10.9. The third-order valence-corrected chi connectivity index (χ3v) is 19.9. The van der Waals surface area contributed by atoms with E-state index in [0.29, 0.717) is 151 Å². The number of hydrogen-bond donors (Lipinski definition) is 21. The second-order valence-corrected chi connectivity index (χ2v) is 34.6. The molecule has 0 radical (unpaired) electrons. The molecule has 720 valence electrons. The van der Waals surface area contributed by atoms with Crippen molar-refractivity contribution in [1.29, 1.82) is 0 Å². The van der Waals surface area contributed by atoms with Gasteiger partial charge in [0, 0.05) is 140 Å². The van der Waals surface area contributed by atoms with Crippen LogP contribution in [0, 0.1) is 0 Å². The van der Waals surface area contributed by atoms with Gasteiger partial charge in [0.1, 0.15) is 0 Å². The molecule has 8 heterocycles. The van der Waals surface area contributed by atoms with E-state index in [1.807, 2.05) is 224 Å². The van der Waals surface area contributed by atoms with Gasteiger partial charge in [-0.25, -0.2) is 40.8 Å². The Labute approximate surface area is 835 Å². The van der Waals surface area contributed by atoms with Crippen LogP contribution in [-0.4, -0.2) is 195 Å². The number of nitrogens with one attached hydrogen (secondary N) is 19. The first kappa shape index (κ1) is 106. The highest BCUT2D eigenvalue weighted by molar-refractivity contribution is 6.42. The van der Waals surface area contributed by atoms with Crippen molar-refractivity contribution in [2.75, 3.05) is 140 Å². The summed E-state index contributed by atoms with van der Waals surface area (Å²) in [6.45, 7) is 15.6. The van der Waals surface area contributed by atoms with Crippen LogP contribution in [0.3, 0.4) is 0 Å². The highest BCUT2D eigenvalue weighted by Gasteiger charge is 2.13. The second-order valence-electron chi connectivity index (χ2n) is 30.4. The zero-order valence-corrected chi connectivity index (χ0v) is 83.5. The number of nitrogens with two attached hydrogens (primary N) is 2. The normalized spacial score (nSPS) is 10.4. The number of hydrogen-bond acceptors (Lipinski definition) is 32. The van der Waals surface area contributed by atoms with E-state index in [1.54, 1.807) is 30.3 Å². The van der Waals surface area contributed by atoms with E-state index in [9.17, 15) is 0 Å². The maximum atomic E-state index is 5.93. The smallest absolute Gasteiger partial charge is 0.248 e. The van der Waals surface area contributed by atoms with Crippen molar-refractivity contribution < 1.29 is 0 Å². The predicted octanol–water partition coefficient (Wildman–Crippen LogP) is 20.2. The first-order valence-corrected chi connectivity index (χ1v) is 45.5. The Kier molecular flexibility index (Phi) is 43.3. The second kappa shape index (κ2) is 55.4. The highest BCUT2D eigenvalue weighted by atomic mass is 35.5. The first-order valence-electron chi connectivity index (χ1n) is 41.7. The molecule has 40 nitrogen and oxygen atoms in total. The lowest BCUT2D eigenvalue weighted by Crippen LogP contribution is -2.11. The molecule has 0 aliphatic rings. The largest absolute Gasteiger partial charge is 0.368 e. The molecule has 0 amide bonds. The van der Waals surface area contributed by atoms with Gasteiger partial charge in [0.2, 0.25) is 95.2 Å². The van der Waals surface area contributed by atoms with Crippen LogP contribution in [0.4, 0.5) is 112 Å². The van der Waals surface area contributed by atoms with Crippen molar-refractivity contribution >= 4 is 228 Å². The average Bonchev–Trinajstić information content (AvgIpc) is 1.75. The van der Waals surface area contributed by atoms with Gasteiger partial charge >= 0.3 is 0 Å². The summed E-state index contributed by atoms with van der Waals surface area (Å²) in [7, 11) is 11.4. The molecule has 0 saturated carbocycles. The van der Waals surface area contributed by atoms with E-state index in [2.05, 4.69) is 206 Å². The third-order valence-electron chi connectivity index (χ3n) is 17.0. The van der Waals surface area contributed by atoms with Crippen molar-refractivity contribution in [2.24, 2.45) is 0 Å². The van der Waals surface area contributed by atoms with Crippen LogP contribution < -0.4 is 84.7 Å². The van der Waals surface area contributed by atoms with Crippen LogP contribution in [0.15, 0.2) is 182 Å². The van der Waals surface area contributed by atoms with E-state index in [-0.39, 0.29) is 11.9 Å². The number of rotatable bonds is 32. The summed E-state index contributed by atoms with van der Waals surface area (Å²) in [6, 6.07) is 57.4. The Balaban J connectivity index is 0.000000174. The van der Waals surface area contributed by atoms with Gasteiger partial charge in [-0.15, -0.1) is 40.8 Å². The molecule has 0 aliphatic carbocycles. The minimum absolute atomic E-state index is 0.248. The summed E-state index contributed by atoms with van der Waals surface area (Å²) in [5, 5.41) is 94.4. The van der Waals surface area contributed by atoms with Gasteiger partial charge in [-0.1, -0.05) is 183 Å². The number of halogens is 10. The number of nitrogen functional groups attached to an aromatic ring is 2. The Morgan fingerprint density at radius 3 is 1.03 bits per heavy atom. The number of aromatic nitrogens is 24. The predicted molar refractivity (Wildman–Crippen MR) is 557 cm³/mol. The van der Waals surface area contributed by atoms with Crippen molar-refractivity contribution in [2.45, 2.75) is 92.1 Å². The quantitative estimate of drug-likeness (QED) is 0.0186. The standard InChI is InChI=1S/C13H18ClN5.2C12H16ClN5.2C11H14ClN5.C10H12ClN5.C9H9Cl2N5.C8H7Cl2N5/c1-9(2)16-13-17-12(18-19-13)15-7-6-10-4-3-5-11(14)8-10;1-8(2)15-12-16-11(17-18-12)14-7-9-4-3-5-10(13)6-9;1-18(2)12-15-11(16-17-12)14-7-6-9-4-3-5-10(13)8-9;1-17(2)11-14-10(15-16-11)13-7-8-4-3-5-9(12)6-8;1-7(2)13-10-15-11(17-16-10)14-9-5-3-4-8(12)6-9;1-16(2)10-13-9(14-15-10)12-8-5-3-4-7(11)6-8;10-6-2-1-5(3-7(6)11)4-13-9-14-8(12)15-16-9;9-5-2-1-4(3-6(5)10)12-8-13-7(11)14-15-8/h3-5,8-9H,6-7H2,1-2H3,(H3,15,16,17,18,19);3-6,8H,7H2,1-2H3,(H3,14,15,16,17,18);3-5,8H,6-7H2,1-2H3,(H2,14,15,16,17);3-6H,7H2,1-2H3,(H2,13,14,15,16);3-7H,1-2H3,(H3,13,14,15,16,17);3-6H,1-2H3,(H2,12,13,14,15);1-3H,4H2,(H4,12,13,14,15,16);1-3H,(H4,11,12,13,14,15). The molecule has 23 N–H and O–H groups in total. The molecule has 0 saturated heterocycles. The molecule has 8 aromatic carbocycles.